The molecule has 0 atom stereocenters. The van der Waals surface area contributed by atoms with Crippen molar-refractivity contribution in [3.05, 3.63) is 34.9 Å². The Hall–Kier alpha value is -0.280. The molecule has 1 aliphatic rings. The second-order valence-corrected chi connectivity index (χ2v) is 5.15. The smallest absolute Gasteiger partial charge is 0.0491 e. The van der Waals surface area contributed by atoms with Crippen molar-refractivity contribution >= 4 is 24.0 Å². The lowest BCUT2D eigenvalue weighted by Gasteiger charge is -2.36. The van der Waals surface area contributed by atoms with E-state index in [4.69, 9.17) is 11.6 Å². The van der Waals surface area contributed by atoms with Crippen LogP contribution in [0.2, 0.25) is 5.02 Å². The summed E-state index contributed by atoms with van der Waals surface area (Å²) in [6.45, 7) is 2.29. The first-order valence-corrected chi connectivity index (χ1v) is 6.18. The van der Waals surface area contributed by atoms with Crippen molar-refractivity contribution in [2.24, 2.45) is 5.41 Å². The summed E-state index contributed by atoms with van der Waals surface area (Å²) in [5.41, 5.74) is 1.33. The van der Waals surface area contributed by atoms with Gasteiger partial charge in [-0.1, -0.05) is 23.7 Å². The molecule has 0 saturated carbocycles. The zero-order valence-electron chi connectivity index (χ0n) is 9.79. The van der Waals surface area contributed by atoms with Crippen molar-refractivity contribution in [3.8, 4) is 0 Å². The molecule has 17 heavy (non-hydrogen) atoms. The Balaban J connectivity index is 0.00000144. The maximum Gasteiger partial charge on any atom is 0.0491 e. The standard InChI is InChI=1S/C13H18ClNO.ClH/c14-12-3-1-11(2-4-12)9-13(10-16)5-7-15-8-6-13;/h1-4,15-16H,5-10H2;1H. The Kier molecular flexibility index (Phi) is 5.74. The Bertz CT molecular complexity index is 334. The molecular weight excluding hydrogens is 257 g/mol. The van der Waals surface area contributed by atoms with Gasteiger partial charge in [0.2, 0.25) is 0 Å². The van der Waals surface area contributed by atoms with E-state index in [9.17, 15) is 5.11 Å². The van der Waals surface area contributed by atoms with Crippen molar-refractivity contribution in [1.29, 1.82) is 0 Å². The molecule has 2 rings (SSSR count). The number of nitrogens with one attached hydrogen (secondary N) is 1. The highest BCUT2D eigenvalue weighted by Gasteiger charge is 2.31. The van der Waals surface area contributed by atoms with Gasteiger partial charge in [0.15, 0.2) is 0 Å². The van der Waals surface area contributed by atoms with Crippen LogP contribution in [0, 0.1) is 5.41 Å². The van der Waals surface area contributed by atoms with Crippen molar-refractivity contribution in [2.45, 2.75) is 19.3 Å². The average molecular weight is 276 g/mol. The highest BCUT2D eigenvalue weighted by molar-refractivity contribution is 6.30. The van der Waals surface area contributed by atoms with Gasteiger partial charge in [-0.15, -0.1) is 12.4 Å². The summed E-state index contributed by atoms with van der Waals surface area (Å²) in [6, 6.07) is 7.95. The van der Waals surface area contributed by atoms with E-state index in [1.807, 2.05) is 12.1 Å². The molecule has 2 nitrogen and oxygen atoms in total. The molecule has 0 amide bonds. The fourth-order valence-electron chi connectivity index (χ4n) is 2.38. The van der Waals surface area contributed by atoms with Gasteiger partial charge in [-0.05, 0) is 55.5 Å². The Labute approximate surface area is 114 Å². The lowest BCUT2D eigenvalue weighted by atomic mass is 9.75. The summed E-state index contributed by atoms with van der Waals surface area (Å²) >= 11 is 5.86. The number of hydrogen-bond donors (Lipinski definition) is 2. The van der Waals surface area contributed by atoms with E-state index < -0.39 is 0 Å². The van der Waals surface area contributed by atoms with Gasteiger partial charge >= 0.3 is 0 Å². The maximum absolute atomic E-state index is 9.60. The SMILES string of the molecule is Cl.OCC1(Cc2ccc(Cl)cc2)CCNCC1. The minimum Gasteiger partial charge on any atom is -0.396 e. The Morgan fingerprint density at radius 3 is 2.29 bits per heavy atom. The number of rotatable bonds is 3. The molecule has 1 aromatic carbocycles. The molecule has 4 heteroatoms. The average Bonchev–Trinajstić information content (AvgIpc) is 2.33. The lowest BCUT2D eigenvalue weighted by Crippen LogP contribution is -2.40. The molecule has 1 aliphatic heterocycles. The molecule has 0 radical (unpaired) electrons. The molecular formula is C13H19Cl2NO. The van der Waals surface area contributed by atoms with Gasteiger partial charge < -0.3 is 10.4 Å². The van der Waals surface area contributed by atoms with Crippen LogP contribution in [0.15, 0.2) is 24.3 Å². The van der Waals surface area contributed by atoms with E-state index in [0.717, 1.165) is 37.4 Å². The molecule has 0 aliphatic carbocycles. The monoisotopic (exact) mass is 275 g/mol. The van der Waals surface area contributed by atoms with Gasteiger partial charge in [0.05, 0.1) is 0 Å². The maximum atomic E-state index is 9.60. The summed E-state index contributed by atoms with van der Waals surface area (Å²) in [5.74, 6) is 0. The van der Waals surface area contributed by atoms with Crippen LogP contribution >= 0.6 is 24.0 Å². The number of hydrogen-bond acceptors (Lipinski definition) is 2. The first-order chi connectivity index (χ1) is 7.74. The van der Waals surface area contributed by atoms with E-state index in [1.165, 1.54) is 5.56 Å². The number of aliphatic hydroxyl groups excluding tert-OH is 1. The minimum absolute atomic E-state index is 0. The molecule has 96 valence electrons. The minimum atomic E-state index is 0. The van der Waals surface area contributed by atoms with Gasteiger partial charge in [-0.2, -0.15) is 0 Å². The number of aliphatic hydroxyl groups is 1. The third-order valence-corrected chi connectivity index (χ3v) is 3.74. The van der Waals surface area contributed by atoms with Crippen molar-refractivity contribution < 1.29 is 5.11 Å². The third kappa shape index (κ3) is 3.85. The second-order valence-electron chi connectivity index (χ2n) is 4.71. The topological polar surface area (TPSA) is 32.3 Å². The van der Waals surface area contributed by atoms with Crippen LogP contribution in [0.5, 0.6) is 0 Å². The first kappa shape index (κ1) is 14.8. The molecule has 1 saturated heterocycles. The van der Waals surface area contributed by atoms with Crippen LogP contribution in [-0.2, 0) is 6.42 Å². The quantitative estimate of drug-likeness (QED) is 0.889. The van der Waals surface area contributed by atoms with Gasteiger partial charge in [0.25, 0.3) is 0 Å². The lowest BCUT2D eigenvalue weighted by molar-refractivity contribution is 0.0893. The van der Waals surface area contributed by atoms with Crippen LogP contribution < -0.4 is 5.32 Å². The summed E-state index contributed by atoms with van der Waals surface area (Å²) in [7, 11) is 0. The van der Waals surface area contributed by atoms with E-state index in [1.54, 1.807) is 0 Å². The predicted octanol–water partition coefficient (Wildman–Crippen LogP) is 2.67. The summed E-state index contributed by atoms with van der Waals surface area (Å²) in [5, 5.41) is 13.7. The van der Waals surface area contributed by atoms with Crippen molar-refractivity contribution in [3.63, 3.8) is 0 Å². The van der Waals surface area contributed by atoms with Crippen LogP contribution in [-0.4, -0.2) is 24.8 Å². The van der Waals surface area contributed by atoms with Crippen molar-refractivity contribution in [1.82, 2.24) is 5.32 Å². The number of piperidine rings is 1. The summed E-state index contributed by atoms with van der Waals surface area (Å²) in [6.07, 6.45) is 3.04. The van der Waals surface area contributed by atoms with Gasteiger partial charge in [-0.3, -0.25) is 0 Å². The second kappa shape index (κ2) is 6.60. The molecule has 1 fully saturated rings. The van der Waals surface area contributed by atoms with Crippen LogP contribution in [0.3, 0.4) is 0 Å². The molecule has 0 spiro atoms. The van der Waals surface area contributed by atoms with E-state index in [2.05, 4.69) is 17.4 Å². The van der Waals surface area contributed by atoms with Gasteiger partial charge in [-0.25, -0.2) is 0 Å². The largest absolute Gasteiger partial charge is 0.396 e. The van der Waals surface area contributed by atoms with Gasteiger partial charge in [0.1, 0.15) is 0 Å². The summed E-state index contributed by atoms with van der Waals surface area (Å²) in [4.78, 5) is 0. The van der Waals surface area contributed by atoms with Crippen LogP contribution in [0.25, 0.3) is 0 Å². The van der Waals surface area contributed by atoms with E-state index in [0.29, 0.717) is 0 Å². The molecule has 2 N–H and O–H groups in total. The third-order valence-electron chi connectivity index (χ3n) is 3.49. The fraction of sp³-hybridized carbons (Fsp3) is 0.538. The normalized spacial score (nSPS) is 18.5. The van der Waals surface area contributed by atoms with E-state index in [-0.39, 0.29) is 24.4 Å². The van der Waals surface area contributed by atoms with Crippen LogP contribution in [0.4, 0.5) is 0 Å². The molecule has 0 aromatic heterocycles. The molecule has 1 aromatic rings. The fourth-order valence-corrected chi connectivity index (χ4v) is 2.51. The molecule has 0 unspecified atom stereocenters. The Morgan fingerprint density at radius 1 is 1.18 bits per heavy atom. The van der Waals surface area contributed by atoms with Crippen LogP contribution in [0.1, 0.15) is 18.4 Å². The highest BCUT2D eigenvalue weighted by atomic mass is 35.5. The molecule has 0 bridgehead atoms. The van der Waals surface area contributed by atoms with Crippen molar-refractivity contribution in [2.75, 3.05) is 19.7 Å². The number of benzene rings is 1. The number of halogens is 2. The predicted molar refractivity (Wildman–Crippen MR) is 74.0 cm³/mol. The van der Waals surface area contributed by atoms with E-state index >= 15 is 0 Å². The molecule has 1 heterocycles. The summed E-state index contributed by atoms with van der Waals surface area (Å²) < 4.78 is 0. The zero-order chi connectivity index (χ0) is 11.4. The highest BCUT2D eigenvalue weighted by Crippen LogP contribution is 2.32. The Morgan fingerprint density at radius 2 is 1.76 bits per heavy atom. The van der Waals surface area contributed by atoms with Gasteiger partial charge in [0, 0.05) is 11.6 Å². The first-order valence-electron chi connectivity index (χ1n) is 5.80. The zero-order valence-corrected chi connectivity index (χ0v) is 11.4.